The topological polar surface area (TPSA) is 51.1 Å². The standard InChI is InChI=1S/C9H7ClN2O2S/c1-13-7-4-5(10)2-3-6(7)8-11-9(15)14-12-8/h2-4H,1H3,(H,11,12,15). The molecule has 2 aromatic rings. The van der Waals surface area contributed by atoms with Gasteiger partial charge in [-0.2, -0.15) is 4.98 Å². The number of nitrogens with zero attached hydrogens (tertiary/aromatic N) is 1. The molecule has 0 fully saturated rings. The van der Waals surface area contributed by atoms with Gasteiger partial charge in [0.1, 0.15) is 5.75 Å². The molecule has 0 unspecified atom stereocenters. The molecule has 0 saturated carbocycles. The Labute approximate surface area is 95.8 Å². The maximum Gasteiger partial charge on any atom is 0.314 e. The maximum atomic E-state index is 5.83. The van der Waals surface area contributed by atoms with Crippen LogP contribution >= 0.6 is 23.8 Å². The van der Waals surface area contributed by atoms with Crippen molar-refractivity contribution in [1.82, 2.24) is 10.1 Å². The highest BCUT2D eigenvalue weighted by molar-refractivity contribution is 7.71. The van der Waals surface area contributed by atoms with Crippen LogP contribution in [0.15, 0.2) is 22.7 Å². The molecule has 0 radical (unpaired) electrons. The van der Waals surface area contributed by atoms with Crippen molar-refractivity contribution >= 4 is 23.8 Å². The average molecular weight is 243 g/mol. The average Bonchev–Trinajstić information content (AvgIpc) is 2.64. The van der Waals surface area contributed by atoms with E-state index in [4.69, 9.17) is 33.1 Å². The number of rotatable bonds is 2. The van der Waals surface area contributed by atoms with Crippen molar-refractivity contribution in [3.05, 3.63) is 28.1 Å². The molecule has 1 heterocycles. The van der Waals surface area contributed by atoms with Crippen molar-refractivity contribution in [2.24, 2.45) is 0 Å². The van der Waals surface area contributed by atoms with Crippen molar-refractivity contribution in [3.8, 4) is 17.1 Å². The van der Waals surface area contributed by atoms with E-state index in [1.54, 1.807) is 25.3 Å². The van der Waals surface area contributed by atoms with Crippen molar-refractivity contribution < 1.29 is 9.26 Å². The Morgan fingerprint density at radius 2 is 2.33 bits per heavy atom. The highest BCUT2D eigenvalue weighted by Gasteiger charge is 2.09. The van der Waals surface area contributed by atoms with E-state index in [-0.39, 0.29) is 4.84 Å². The fraction of sp³-hybridized carbons (Fsp3) is 0.111. The normalized spacial score (nSPS) is 10.3. The second kappa shape index (κ2) is 4.04. The number of ether oxygens (including phenoxy) is 1. The van der Waals surface area contributed by atoms with E-state index in [9.17, 15) is 0 Å². The number of aromatic nitrogens is 2. The summed E-state index contributed by atoms with van der Waals surface area (Å²) in [7, 11) is 1.56. The molecule has 0 spiro atoms. The number of H-pyrrole nitrogens is 1. The van der Waals surface area contributed by atoms with Crippen LogP contribution in [0.25, 0.3) is 11.4 Å². The first-order chi connectivity index (χ1) is 7.20. The number of hydrogen-bond acceptors (Lipinski definition) is 4. The van der Waals surface area contributed by atoms with Crippen LogP contribution < -0.4 is 4.74 Å². The molecule has 0 saturated heterocycles. The minimum absolute atomic E-state index is 0.155. The minimum Gasteiger partial charge on any atom is -0.496 e. The van der Waals surface area contributed by atoms with Crippen LogP contribution in [-0.2, 0) is 0 Å². The third kappa shape index (κ3) is 2.03. The molecule has 1 aromatic carbocycles. The smallest absolute Gasteiger partial charge is 0.314 e. The third-order valence-corrected chi connectivity index (χ3v) is 2.27. The molecule has 0 aliphatic carbocycles. The molecule has 1 N–H and O–H groups in total. The van der Waals surface area contributed by atoms with E-state index >= 15 is 0 Å². The van der Waals surface area contributed by atoms with E-state index in [1.807, 2.05) is 0 Å². The van der Waals surface area contributed by atoms with E-state index in [0.717, 1.165) is 5.56 Å². The molecule has 2 rings (SSSR count). The minimum atomic E-state index is 0.155. The molecule has 15 heavy (non-hydrogen) atoms. The lowest BCUT2D eigenvalue weighted by atomic mass is 10.2. The number of halogens is 1. The fourth-order valence-electron chi connectivity index (χ4n) is 1.20. The van der Waals surface area contributed by atoms with Crippen molar-refractivity contribution in [1.29, 1.82) is 0 Å². The third-order valence-electron chi connectivity index (χ3n) is 1.86. The summed E-state index contributed by atoms with van der Waals surface area (Å²) < 4.78 is 10.0. The summed E-state index contributed by atoms with van der Waals surface area (Å²) in [5.41, 5.74) is 0.752. The van der Waals surface area contributed by atoms with E-state index in [2.05, 4.69) is 10.1 Å². The zero-order valence-electron chi connectivity index (χ0n) is 7.78. The molecular formula is C9H7ClN2O2S. The quantitative estimate of drug-likeness (QED) is 0.823. The number of methoxy groups -OCH3 is 1. The highest BCUT2D eigenvalue weighted by atomic mass is 35.5. The van der Waals surface area contributed by atoms with Gasteiger partial charge in [-0.3, -0.25) is 0 Å². The summed E-state index contributed by atoms with van der Waals surface area (Å²) in [4.78, 5) is 4.14. The molecule has 0 atom stereocenters. The summed E-state index contributed by atoms with van der Waals surface area (Å²) in [6.07, 6.45) is 0. The molecule has 0 aliphatic rings. The number of aromatic amines is 1. The first kappa shape index (κ1) is 10.2. The number of nitrogens with one attached hydrogen (secondary N) is 1. The molecule has 4 nitrogen and oxygen atoms in total. The zero-order chi connectivity index (χ0) is 10.8. The highest BCUT2D eigenvalue weighted by Crippen LogP contribution is 2.29. The Balaban J connectivity index is 2.57. The van der Waals surface area contributed by atoms with Crippen LogP contribution in [0.2, 0.25) is 5.02 Å². The summed E-state index contributed by atoms with van der Waals surface area (Å²) in [6.45, 7) is 0. The summed E-state index contributed by atoms with van der Waals surface area (Å²) in [5.74, 6) is 1.13. The molecule has 0 aliphatic heterocycles. The Hall–Kier alpha value is -1.33. The Bertz CT molecular complexity index is 535. The molecule has 78 valence electrons. The largest absolute Gasteiger partial charge is 0.496 e. The van der Waals surface area contributed by atoms with Gasteiger partial charge in [-0.25, -0.2) is 5.16 Å². The van der Waals surface area contributed by atoms with Crippen molar-refractivity contribution in [2.75, 3.05) is 7.11 Å². The van der Waals surface area contributed by atoms with Gasteiger partial charge in [-0.1, -0.05) is 11.6 Å². The van der Waals surface area contributed by atoms with Crippen molar-refractivity contribution in [3.63, 3.8) is 0 Å². The van der Waals surface area contributed by atoms with Gasteiger partial charge in [-0.15, -0.1) is 0 Å². The monoisotopic (exact) mass is 242 g/mol. The Morgan fingerprint density at radius 1 is 1.53 bits per heavy atom. The van der Waals surface area contributed by atoms with Gasteiger partial charge in [0.25, 0.3) is 0 Å². The van der Waals surface area contributed by atoms with E-state index < -0.39 is 0 Å². The van der Waals surface area contributed by atoms with Crippen LogP contribution in [0.3, 0.4) is 0 Å². The van der Waals surface area contributed by atoms with Gasteiger partial charge in [-0.05, 0) is 30.4 Å². The zero-order valence-corrected chi connectivity index (χ0v) is 9.35. The maximum absolute atomic E-state index is 5.83. The lowest BCUT2D eigenvalue weighted by Crippen LogP contribution is -1.89. The predicted molar refractivity (Wildman–Crippen MR) is 58.7 cm³/mol. The Morgan fingerprint density at radius 3 is 2.93 bits per heavy atom. The van der Waals surface area contributed by atoms with Gasteiger partial charge in [0, 0.05) is 5.02 Å². The van der Waals surface area contributed by atoms with Crippen LogP contribution in [0.1, 0.15) is 0 Å². The Kier molecular flexibility index (Phi) is 2.75. The molecule has 0 bridgehead atoms. The van der Waals surface area contributed by atoms with E-state index in [0.29, 0.717) is 16.6 Å². The molecule has 1 aromatic heterocycles. The van der Waals surface area contributed by atoms with Gasteiger partial charge >= 0.3 is 4.84 Å². The molecule has 6 heteroatoms. The second-order valence-electron chi connectivity index (χ2n) is 2.78. The number of hydrogen-bond donors (Lipinski definition) is 1. The summed E-state index contributed by atoms with van der Waals surface area (Å²) in [5, 5.41) is 3.20. The molecule has 0 amide bonds. The van der Waals surface area contributed by atoms with Gasteiger partial charge in [0.15, 0.2) is 5.82 Å². The summed E-state index contributed by atoms with van der Waals surface area (Å²) >= 11 is 10.6. The van der Waals surface area contributed by atoms with Crippen LogP contribution in [0, 0.1) is 4.84 Å². The fourth-order valence-corrected chi connectivity index (χ4v) is 1.50. The molecular weight excluding hydrogens is 236 g/mol. The first-order valence-corrected chi connectivity index (χ1v) is 4.89. The lowest BCUT2D eigenvalue weighted by Gasteiger charge is -2.05. The predicted octanol–water partition coefficient (Wildman–Crippen LogP) is 3.06. The van der Waals surface area contributed by atoms with Crippen LogP contribution in [0.5, 0.6) is 5.75 Å². The van der Waals surface area contributed by atoms with E-state index in [1.165, 1.54) is 0 Å². The van der Waals surface area contributed by atoms with Crippen LogP contribution in [-0.4, -0.2) is 17.3 Å². The van der Waals surface area contributed by atoms with Crippen molar-refractivity contribution in [2.45, 2.75) is 0 Å². The summed E-state index contributed by atoms with van der Waals surface area (Å²) in [6, 6.07) is 5.22. The van der Waals surface area contributed by atoms with Gasteiger partial charge in [0.2, 0.25) is 0 Å². The van der Waals surface area contributed by atoms with Gasteiger partial charge < -0.3 is 9.26 Å². The van der Waals surface area contributed by atoms with Crippen LogP contribution in [0.4, 0.5) is 0 Å². The number of benzene rings is 1. The first-order valence-electron chi connectivity index (χ1n) is 4.10. The van der Waals surface area contributed by atoms with Gasteiger partial charge in [0.05, 0.1) is 12.7 Å². The lowest BCUT2D eigenvalue weighted by molar-refractivity contribution is 0.403. The second-order valence-corrected chi connectivity index (χ2v) is 3.56. The SMILES string of the molecule is COc1cc(Cl)ccc1-c1nc(=S)o[nH]1.